The first-order chi connectivity index (χ1) is 11.7. The van der Waals surface area contributed by atoms with Crippen LogP contribution >= 0.6 is 0 Å². The van der Waals surface area contributed by atoms with Gasteiger partial charge in [-0.15, -0.1) is 0 Å². The monoisotopic (exact) mass is 328 g/mol. The van der Waals surface area contributed by atoms with Gasteiger partial charge in [-0.25, -0.2) is 0 Å². The van der Waals surface area contributed by atoms with Crippen molar-refractivity contribution in [1.82, 2.24) is 0 Å². The summed E-state index contributed by atoms with van der Waals surface area (Å²) in [5.74, 6) is 2.81. The van der Waals surface area contributed by atoms with Gasteiger partial charge in [0.1, 0.15) is 18.1 Å². The molecule has 5 heteroatoms. The number of methoxy groups -OCH3 is 3. The predicted octanol–water partition coefficient (Wildman–Crippen LogP) is 4.18. The Morgan fingerprint density at radius 2 is 1.62 bits per heavy atom. The molecule has 1 aromatic heterocycles. The smallest absolute Gasteiger partial charge is 0.204 e. The quantitative estimate of drug-likeness (QED) is 0.651. The molecule has 0 fully saturated rings. The van der Waals surface area contributed by atoms with Crippen LogP contribution in [-0.2, 0) is 18.0 Å². The Bertz CT molecular complexity index is 804. The van der Waals surface area contributed by atoms with Crippen LogP contribution in [0.3, 0.4) is 0 Å². The first-order valence-corrected chi connectivity index (χ1v) is 7.59. The average molecular weight is 328 g/mol. The van der Waals surface area contributed by atoms with Gasteiger partial charge in [0.15, 0.2) is 11.3 Å². The molecular formula is C19H20O5. The third kappa shape index (κ3) is 3.31. The van der Waals surface area contributed by atoms with Crippen LogP contribution in [0.25, 0.3) is 11.0 Å². The van der Waals surface area contributed by atoms with Gasteiger partial charge in [0.25, 0.3) is 0 Å². The lowest BCUT2D eigenvalue weighted by Gasteiger charge is -2.06. The zero-order valence-corrected chi connectivity index (χ0v) is 14.0. The number of hydrogen-bond donors (Lipinski definition) is 0. The molecule has 3 rings (SSSR count). The van der Waals surface area contributed by atoms with E-state index in [9.17, 15) is 0 Å². The van der Waals surface area contributed by atoms with Gasteiger partial charge in [-0.1, -0.05) is 12.1 Å². The Hall–Kier alpha value is -2.66. The SMILES string of the molecule is COc1ccc(COCc2cc3ccc(OC)c(OC)c3o2)cc1. The molecule has 0 spiro atoms. The summed E-state index contributed by atoms with van der Waals surface area (Å²) in [4.78, 5) is 0. The van der Waals surface area contributed by atoms with Gasteiger partial charge in [-0.05, 0) is 35.9 Å². The Balaban J connectivity index is 1.69. The van der Waals surface area contributed by atoms with Gasteiger partial charge in [-0.2, -0.15) is 0 Å². The molecule has 3 aromatic rings. The normalized spacial score (nSPS) is 10.8. The van der Waals surface area contributed by atoms with Crippen LogP contribution in [0.4, 0.5) is 0 Å². The second-order valence-electron chi connectivity index (χ2n) is 5.27. The Kier molecular flexibility index (Phi) is 4.91. The summed E-state index contributed by atoms with van der Waals surface area (Å²) in [6.07, 6.45) is 0. The van der Waals surface area contributed by atoms with E-state index in [4.69, 9.17) is 23.4 Å². The summed E-state index contributed by atoms with van der Waals surface area (Å²) < 4.78 is 27.4. The number of rotatable bonds is 7. The second kappa shape index (κ2) is 7.27. The van der Waals surface area contributed by atoms with E-state index in [1.165, 1.54) is 0 Å². The maximum atomic E-state index is 5.86. The predicted molar refractivity (Wildman–Crippen MR) is 90.8 cm³/mol. The van der Waals surface area contributed by atoms with E-state index >= 15 is 0 Å². The lowest BCUT2D eigenvalue weighted by Crippen LogP contribution is -1.93. The minimum Gasteiger partial charge on any atom is -0.497 e. The maximum Gasteiger partial charge on any atom is 0.204 e. The van der Waals surface area contributed by atoms with Crippen LogP contribution in [0.1, 0.15) is 11.3 Å². The topological polar surface area (TPSA) is 50.1 Å². The van der Waals surface area contributed by atoms with Gasteiger partial charge in [0.05, 0.1) is 27.9 Å². The Labute approximate surface area is 140 Å². The fourth-order valence-corrected chi connectivity index (χ4v) is 2.53. The molecular weight excluding hydrogens is 308 g/mol. The highest BCUT2D eigenvalue weighted by Gasteiger charge is 2.14. The number of hydrogen-bond acceptors (Lipinski definition) is 5. The number of furan rings is 1. The number of benzene rings is 2. The van der Waals surface area contributed by atoms with E-state index in [0.29, 0.717) is 30.3 Å². The van der Waals surface area contributed by atoms with E-state index < -0.39 is 0 Å². The molecule has 0 unspecified atom stereocenters. The summed E-state index contributed by atoms with van der Waals surface area (Å²) in [6, 6.07) is 13.5. The van der Waals surface area contributed by atoms with Gasteiger partial charge in [0.2, 0.25) is 5.75 Å². The highest BCUT2D eigenvalue weighted by atomic mass is 16.5. The van der Waals surface area contributed by atoms with Gasteiger partial charge in [-0.3, -0.25) is 0 Å². The van der Waals surface area contributed by atoms with Crippen molar-refractivity contribution in [2.75, 3.05) is 21.3 Å². The molecule has 0 radical (unpaired) electrons. The van der Waals surface area contributed by atoms with Crippen molar-refractivity contribution in [1.29, 1.82) is 0 Å². The van der Waals surface area contributed by atoms with Crippen LogP contribution in [0.5, 0.6) is 17.2 Å². The summed E-state index contributed by atoms with van der Waals surface area (Å²) in [6.45, 7) is 0.883. The minimum absolute atomic E-state index is 0.381. The van der Waals surface area contributed by atoms with Crippen molar-refractivity contribution < 1.29 is 23.4 Å². The van der Waals surface area contributed by atoms with Crippen molar-refractivity contribution in [2.45, 2.75) is 13.2 Å². The Morgan fingerprint density at radius 3 is 2.29 bits per heavy atom. The highest BCUT2D eigenvalue weighted by Crippen LogP contribution is 2.37. The number of ether oxygens (including phenoxy) is 4. The first kappa shape index (κ1) is 16.2. The molecule has 0 aliphatic heterocycles. The van der Waals surface area contributed by atoms with Crippen LogP contribution in [0.15, 0.2) is 46.9 Å². The van der Waals surface area contributed by atoms with Crippen molar-refractivity contribution in [2.24, 2.45) is 0 Å². The molecule has 5 nitrogen and oxygen atoms in total. The summed E-state index contributed by atoms with van der Waals surface area (Å²) in [5.41, 5.74) is 1.74. The van der Waals surface area contributed by atoms with E-state index in [0.717, 1.165) is 22.5 Å². The molecule has 0 N–H and O–H groups in total. The lowest BCUT2D eigenvalue weighted by atomic mass is 10.2. The largest absolute Gasteiger partial charge is 0.497 e. The summed E-state index contributed by atoms with van der Waals surface area (Å²) >= 11 is 0. The fourth-order valence-electron chi connectivity index (χ4n) is 2.53. The Morgan fingerprint density at radius 1 is 0.833 bits per heavy atom. The fraction of sp³-hybridized carbons (Fsp3) is 0.263. The molecule has 0 aliphatic rings. The molecule has 0 bridgehead atoms. The molecule has 0 aliphatic carbocycles. The van der Waals surface area contributed by atoms with Crippen molar-refractivity contribution in [3.8, 4) is 17.2 Å². The van der Waals surface area contributed by atoms with Gasteiger partial charge < -0.3 is 23.4 Å². The standard InChI is InChI=1S/C19H20O5/c1-20-15-7-4-13(5-8-15)11-23-12-16-10-14-6-9-17(21-2)19(22-3)18(14)24-16/h4-10H,11-12H2,1-3H3. The minimum atomic E-state index is 0.381. The van der Waals surface area contributed by atoms with Gasteiger partial charge >= 0.3 is 0 Å². The average Bonchev–Trinajstić information content (AvgIpc) is 3.04. The third-order valence-electron chi connectivity index (χ3n) is 3.75. The van der Waals surface area contributed by atoms with Gasteiger partial charge in [0, 0.05) is 5.39 Å². The molecule has 0 saturated carbocycles. The molecule has 0 amide bonds. The van der Waals surface area contributed by atoms with Crippen molar-refractivity contribution in [3.05, 3.63) is 53.8 Å². The maximum absolute atomic E-state index is 5.86. The van der Waals surface area contributed by atoms with E-state index in [2.05, 4.69) is 0 Å². The molecule has 126 valence electrons. The van der Waals surface area contributed by atoms with Crippen LogP contribution in [0.2, 0.25) is 0 Å². The second-order valence-corrected chi connectivity index (χ2v) is 5.27. The molecule has 0 saturated heterocycles. The van der Waals surface area contributed by atoms with Crippen LogP contribution in [0, 0.1) is 0 Å². The lowest BCUT2D eigenvalue weighted by molar-refractivity contribution is 0.0939. The first-order valence-electron chi connectivity index (χ1n) is 7.59. The highest BCUT2D eigenvalue weighted by molar-refractivity contribution is 5.86. The van der Waals surface area contributed by atoms with E-state index in [1.807, 2.05) is 42.5 Å². The summed E-state index contributed by atoms with van der Waals surface area (Å²) in [5, 5.41) is 0.954. The molecule has 0 atom stereocenters. The zero-order valence-electron chi connectivity index (χ0n) is 14.0. The summed E-state index contributed by atoms with van der Waals surface area (Å²) in [7, 11) is 4.85. The third-order valence-corrected chi connectivity index (χ3v) is 3.75. The molecule has 24 heavy (non-hydrogen) atoms. The van der Waals surface area contributed by atoms with Crippen molar-refractivity contribution in [3.63, 3.8) is 0 Å². The van der Waals surface area contributed by atoms with Crippen molar-refractivity contribution >= 4 is 11.0 Å². The van der Waals surface area contributed by atoms with E-state index in [-0.39, 0.29) is 0 Å². The van der Waals surface area contributed by atoms with E-state index in [1.54, 1.807) is 21.3 Å². The number of fused-ring (bicyclic) bond motifs is 1. The van der Waals surface area contributed by atoms with Crippen LogP contribution in [-0.4, -0.2) is 21.3 Å². The van der Waals surface area contributed by atoms with Crippen LogP contribution < -0.4 is 14.2 Å². The molecule has 1 heterocycles. The molecule has 2 aromatic carbocycles. The zero-order chi connectivity index (χ0) is 16.9.